The van der Waals surface area contributed by atoms with Crippen LogP contribution in [-0.2, 0) is 10.8 Å². The molecular formula is C13H21NOS. The van der Waals surface area contributed by atoms with E-state index in [-0.39, 0.29) is 0 Å². The zero-order chi connectivity index (χ0) is 12.0. The molecule has 0 saturated heterocycles. The molecular weight excluding hydrogens is 218 g/mol. The molecule has 0 fully saturated rings. The van der Waals surface area contributed by atoms with Crippen molar-refractivity contribution in [3.8, 4) is 0 Å². The lowest BCUT2D eigenvalue weighted by molar-refractivity contribution is 0.670. The maximum atomic E-state index is 12.0. The predicted molar refractivity (Wildman–Crippen MR) is 70.4 cm³/mol. The Morgan fingerprint density at radius 3 is 2.62 bits per heavy atom. The van der Waals surface area contributed by atoms with E-state index in [1.54, 1.807) is 0 Å². The molecule has 0 amide bonds. The number of aryl methyl sites for hydroxylation is 2. The van der Waals surface area contributed by atoms with Gasteiger partial charge in [0, 0.05) is 10.6 Å². The van der Waals surface area contributed by atoms with Crippen LogP contribution in [0.1, 0.15) is 24.5 Å². The quantitative estimate of drug-likeness (QED) is 0.772. The van der Waals surface area contributed by atoms with Crippen molar-refractivity contribution >= 4 is 10.8 Å². The summed E-state index contributed by atoms with van der Waals surface area (Å²) >= 11 is 0. The number of hydrogen-bond acceptors (Lipinski definition) is 2. The Bertz CT molecular complexity index is 363. The Hall–Kier alpha value is -0.670. The molecule has 0 saturated carbocycles. The van der Waals surface area contributed by atoms with Crippen molar-refractivity contribution in [2.45, 2.75) is 32.1 Å². The molecule has 1 N–H and O–H groups in total. The molecule has 0 aliphatic rings. The Labute approximate surface area is 101 Å². The van der Waals surface area contributed by atoms with Crippen molar-refractivity contribution in [2.24, 2.45) is 0 Å². The van der Waals surface area contributed by atoms with Gasteiger partial charge in [0.05, 0.1) is 10.8 Å². The van der Waals surface area contributed by atoms with Crippen molar-refractivity contribution in [1.82, 2.24) is 5.32 Å². The van der Waals surface area contributed by atoms with Crippen molar-refractivity contribution in [2.75, 3.05) is 18.8 Å². The summed E-state index contributed by atoms with van der Waals surface area (Å²) in [6.45, 7) is 8.16. The molecule has 3 heteroatoms. The molecule has 0 spiro atoms. The number of hydrogen-bond donors (Lipinski definition) is 1. The molecule has 1 unspecified atom stereocenters. The second-order valence-corrected chi connectivity index (χ2v) is 5.57. The van der Waals surface area contributed by atoms with E-state index >= 15 is 0 Å². The van der Waals surface area contributed by atoms with Gasteiger partial charge in [-0.25, -0.2) is 0 Å². The van der Waals surface area contributed by atoms with Crippen LogP contribution in [0.25, 0.3) is 0 Å². The maximum absolute atomic E-state index is 12.0. The third kappa shape index (κ3) is 4.06. The lowest BCUT2D eigenvalue weighted by Crippen LogP contribution is -2.16. The van der Waals surface area contributed by atoms with Gasteiger partial charge in [-0.3, -0.25) is 4.21 Å². The van der Waals surface area contributed by atoms with Crippen LogP contribution in [0, 0.1) is 13.8 Å². The minimum atomic E-state index is -0.845. The third-order valence-corrected chi connectivity index (χ3v) is 4.11. The fraction of sp³-hybridized carbons (Fsp3) is 0.538. The molecule has 16 heavy (non-hydrogen) atoms. The van der Waals surface area contributed by atoms with E-state index in [4.69, 9.17) is 0 Å². The average Bonchev–Trinajstić information content (AvgIpc) is 2.28. The van der Waals surface area contributed by atoms with E-state index in [2.05, 4.69) is 26.1 Å². The molecule has 1 atom stereocenters. The predicted octanol–water partition coefficient (Wildman–Crippen LogP) is 2.41. The molecule has 0 bridgehead atoms. The van der Waals surface area contributed by atoms with E-state index in [1.165, 1.54) is 11.1 Å². The van der Waals surface area contributed by atoms with Crippen LogP contribution in [0.4, 0.5) is 0 Å². The largest absolute Gasteiger partial charge is 0.317 e. The fourth-order valence-electron chi connectivity index (χ4n) is 1.48. The highest BCUT2D eigenvalue weighted by molar-refractivity contribution is 7.85. The lowest BCUT2D eigenvalue weighted by atomic mass is 10.1. The Morgan fingerprint density at radius 1 is 1.25 bits per heavy atom. The maximum Gasteiger partial charge on any atom is 0.0530 e. The number of nitrogens with one attached hydrogen (secondary N) is 1. The standard InChI is InChI=1S/C13H21NOS/c1-4-14-8-5-9-16(15)13-7-6-11(2)12(3)10-13/h6-7,10,14H,4-5,8-9H2,1-3H3. The van der Waals surface area contributed by atoms with E-state index in [9.17, 15) is 4.21 Å². The first-order valence-corrected chi connectivity index (χ1v) is 7.13. The SMILES string of the molecule is CCNCCCS(=O)c1ccc(C)c(C)c1. The van der Waals surface area contributed by atoms with Gasteiger partial charge in [0.15, 0.2) is 0 Å². The van der Waals surface area contributed by atoms with Crippen molar-refractivity contribution in [3.63, 3.8) is 0 Å². The van der Waals surface area contributed by atoms with Crippen LogP contribution in [0.2, 0.25) is 0 Å². The Kier molecular flexibility index (Phi) is 5.71. The smallest absolute Gasteiger partial charge is 0.0530 e. The monoisotopic (exact) mass is 239 g/mol. The summed E-state index contributed by atoms with van der Waals surface area (Å²) < 4.78 is 12.0. The van der Waals surface area contributed by atoms with Crippen LogP contribution in [0.3, 0.4) is 0 Å². The van der Waals surface area contributed by atoms with Crippen LogP contribution in [0.15, 0.2) is 23.1 Å². The lowest BCUT2D eigenvalue weighted by Gasteiger charge is -2.05. The van der Waals surface area contributed by atoms with Gasteiger partial charge in [0.1, 0.15) is 0 Å². The first-order chi connectivity index (χ1) is 7.65. The fourth-order valence-corrected chi connectivity index (χ4v) is 2.65. The van der Waals surface area contributed by atoms with Crippen molar-refractivity contribution < 1.29 is 4.21 Å². The highest BCUT2D eigenvalue weighted by Crippen LogP contribution is 2.13. The Morgan fingerprint density at radius 2 is 2.00 bits per heavy atom. The topological polar surface area (TPSA) is 29.1 Å². The van der Waals surface area contributed by atoms with Crippen LogP contribution >= 0.6 is 0 Å². The van der Waals surface area contributed by atoms with Gasteiger partial charge in [-0.15, -0.1) is 0 Å². The normalized spacial score (nSPS) is 12.7. The van der Waals surface area contributed by atoms with Gasteiger partial charge >= 0.3 is 0 Å². The molecule has 1 rings (SSSR count). The van der Waals surface area contributed by atoms with E-state index in [0.29, 0.717) is 0 Å². The summed E-state index contributed by atoms with van der Waals surface area (Å²) in [4.78, 5) is 0.958. The van der Waals surface area contributed by atoms with Gasteiger partial charge in [-0.2, -0.15) is 0 Å². The van der Waals surface area contributed by atoms with E-state index in [0.717, 1.165) is 30.2 Å². The van der Waals surface area contributed by atoms with E-state index in [1.807, 2.05) is 18.2 Å². The van der Waals surface area contributed by atoms with Gasteiger partial charge in [-0.1, -0.05) is 13.0 Å². The van der Waals surface area contributed by atoms with Crippen molar-refractivity contribution in [3.05, 3.63) is 29.3 Å². The first kappa shape index (κ1) is 13.4. The highest BCUT2D eigenvalue weighted by atomic mass is 32.2. The Balaban J connectivity index is 2.50. The first-order valence-electron chi connectivity index (χ1n) is 5.81. The number of benzene rings is 1. The summed E-state index contributed by atoms with van der Waals surface area (Å²) in [5.41, 5.74) is 2.48. The second kappa shape index (κ2) is 6.81. The summed E-state index contributed by atoms with van der Waals surface area (Å²) in [5.74, 6) is 0.746. The van der Waals surface area contributed by atoms with Crippen LogP contribution in [-0.4, -0.2) is 23.1 Å². The molecule has 2 nitrogen and oxygen atoms in total. The molecule has 0 aliphatic carbocycles. The van der Waals surface area contributed by atoms with Crippen LogP contribution in [0.5, 0.6) is 0 Å². The summed E-state index contributed by atoms with van der Waals surface area (Å²) in [7, 11) is -0.845. The molecule has 1 aromatic carbocycles. The van der Waals surface area contributed by atoms with Gasteiger partial charge in [-0.05, 0) is 56.6 Å². The van der Waals surface area contributed by atoms with Gasteiger partial charge in [0.2, 0.25) is 0 Å². The highest BCUT2D eigenvalue weighted by Gasteiger charge is 2.04. The number of rotatable bonds is 6. The summed E-state index contributed by atoms with van der Waals surface area (Å²) in [6.07, 6.45) is 0.966. The minimum Gasteiger partial charge on any atom is -0.317 e. The zero-order valence-electron chi connectivity index (χ0n) is 10.4. The summed E-state index contributed by atoms with van der Waals surface area (Å²) in [6, 6.07) is 6.07. The van der Waals surface area contributed by atoms with E-state index < -0.39 is 10.8 Å². The van der Waals surface area contributed by atoms with Crippen LogP contribution < -0.4 is 5.32 Å². The van der Waals surface area contributed by atoms with Gasteiger partial charge < -0.3 is 5.32 Å². The molecule has 1 aromatic rings. The molecule has 0 aromatic heterocycles. The summed E-state index contributed by atoms with van der Waals surface area (Å²) in [5, 5.41) is 3.24. The molecule has 0 radical (unpaired) electrons. The third-order valence-electron chi connectivity index (χ3n) is 2.67. The minimum absolute atomic E-state index is 0.746. The van der Waals surface area contributed by atoms with Gasteiger partial charge in [0.25, 0.3) is 0 Å². The molecule has 0 aliphatic heterocycles. The average molecular weight is 239 g/mol. The zero-order valence-corrected chi connectivity index (χ0v) is 11.2. The van der Waals surface area contributed by atoms with Crippen molar-refractivity contribution in [1.29, 1.82) is 0 Å². The second-order valence-electron chi connectivity index (χ2n) is 4.00. The molecule has 90 valence electrons. The molecule has 0 heterocycles.